The smallest absolute Gasteiger partial charge is 0.416 e. The monoisotopic (exact) mass is 808 g/mol. The first-order valence-electron chi connectivity index (χ1n) is 17.8. The molecule has 57 heavy (non-hydrogen) atoms. The zero-order chi connectivity index (χ0) is 40.6. The number of aromatic nitrogens is 5. The lowest BCUT2D eigenvalue weighted by atomic mass is 9.85. The number of likely N-dealkylation sites (tertiary alicyclic amines) is 1. The fraction of sp³-hybridized carbons (Fsp3) is 0.324. The molecule has 0 saturated carbocycles. The van der Waals surface area contributed by atoms with Gasteiger partial charge in [0.25, 0.3) is 11.5 Å². The maximum absolute atomic E-state index is 14.5. The topological polar surface area (TPSA) is 197 Å². The van der Waals surface area contributed by atoms with Crippen LogP contribution in [0.1, 0.15) is 53.2 Å². The number of hydrogen-bond donors (Lipinski definition) is 5. The van der Waals surface area contributed by atoms with Crippen LogP contribution in [0, 0.1) is 0 Å². The molecule has 298 valence electrons. The Morgan fingerprint density at radius 3 is 2.47 bits per heavy atom. The van der Waals surface area contributed by atoms with Gasteiger partial charge < -0.3 is 40.6 Å². The number of hydrogen-bond acceptors (Lipinski definition) is 10. The van der Waals surface area contributed by atoms with Gasteiger partial charge in [0.1, 0.15) is 17.9 Å². The summed E-state index contributed by atoms with van der Waals surface area (Å²) in [5.74, 6) is -1.25. The number of fused-ring (bicyclic) bond motifs is 3. The molecule has 0 unspecified atom stereocenters. The van der Waals surface area contributed by atoms with E-state index in [1.165, 1.54) is 34.8 Å². The van der Waals surface area contributed by atoms with E-state index in [4.69, 9.17) is 16.3 Å². The minimum Gasteiger partial charge on any atom is -0.505 e. The second-order valence-electron chi connectivity index (χ2n) is 13.5. The molecular weight excluding hydrogens is 773 g/mol. The Kier molecular flexibility index (Phi) is 10.5. The standard InChI is InChI=1S/C37H36ClF3N10O6/c1-20-30-28(36(57-20)11-16-49(17-12-36)33(55)29-26(52)4-3-13-44-29)32(54)51-35(50(30)19-27(53)46-25-10-7-22(18-24(25)38)37(39,40)41)47-31(48-51)21-5-8-23(9-6-21)43-14-15-45-34(56)42-2/h3-10,13,18,20,43,52H,11-12,14-17,19H2,1-2H3,(H,46,53)(H2,42,45,56)/t20-/m1/s1. The summed E-state index contributed by atoms with van der Waals surface area (Å²) >= 11 is 6.15. The molecule has 3 aromatic heterocycles. The molecule has 2 aromatic carbocycles. The summed E-state index contributed by atoms with van der Waals surface area (Å²) in [6, 6.07) is 12.2. The van der Waals surface area contributed by atoms with Crippen LogP contribution in [0.3, 0.4) is 0 Å². The maximum atomic E-state index is 14.5. The first kappa shape index (κ1) is 39.0. The molecule has 5 heterocycles. The normalized spacial score (nSPS) is 16.0. The summed E-state index contributed by atoms with van der Waals surface area (Å²) in [6.45, 7) is 2.39. The Bertz CT molecular complexity index is 2430. The van der Waals surface area contributed by atoms with Gasteiger partial charge in [0.15, 0.2) is 11.5 Å². The van der Waals surface area contributed by atoms with E-state index in [1.54, 1.807) is 31.2 Å². The number of carbonyl (C=O) groups excluding carboxylic acids is 3. The van der Waals surface area contributed by atoms with Crippen LogP contribution in [0.25, 0.3) is 17.2 Å². The number of urea groups is 1. The van der Waals surface area contributed by atoms with Gasteiger partial charge in [0, 0.05) is 50.7 Å². The highest BCUT2D eigenvalue weighted by atomic mass is 35.5. The van der Waals surface area contributed by atoms with E-state index in [-0.39, 0.29) is 71.3 Å². The molecule has 16 nitrogen and oxygen atoms in total. The van der Waals surface area contributed by atoms with Crippen LogP contribution in [-0.4, -0.2) is 85.2 Å². The van der Waals surface area contributed by atoms with Gasteiger partial charge in [0.2, 0.25) is 11.7 Å². The second kappa shape index (κ2) is 15.4. The summed E-state index contributed by atoms with van der Waals surface area (Å²) in [5.41, 5.74) is -0.986. The predicted octanol–water partition coefficient (Wildman–Crippen LogP) is 4.53. The molecule has 5 N–H and O–H groups in total. The van der Waals surface area contributed by atoms with Gasteiger partial charge in [0.05, 0.1) is 33.6 Å². The van der Waals surface area contributed by atoms with Crippen LogP contribution in [-0.2, 0) is 27.9 Å². The van der Waals surface area contributed by atoms with Gasteiger partial charge in [-0.15, -0.1) is 5.10 Å². The van der Waals surface area contributed by atoms with Crippen molar-refractivity contribution < 1.29 is 37.4 Å². The highest BCUT2D eigenvalue weighted by Gasteiger charge is 2.50. The van der Waals surface area contributed by atoms with Crippen molar-refractivity contribution in [3.05, 3.63) is 98.7 Å². The Morgan fingerprint density at radius 2 is 1.81 bits per heavy atom. The summed E-state index contributed by atoms with van der Waals surface area (Å²) in [5, 5.41) is 25.4. The average molecular weight is 809 g/mol. The summed E-state index contributed by atoms with van der Waals surface area (Å²) in [7, 11) is 1.52. The third-order valence-corrected chi connectivity index (χ3v) is 10.2. The van der Waals surface area contributed by atoms with Crippen molar-refractivity contribution in [1.82, 2.24) is 39.7 Å². The van der Waals surface area contributed by atoms with Crippen LogP contribution in [0.4, 0.5) is 29.3 Å². The van der Waals surface area contributed by atoms with Crippen molar-refractivity contribution in [3.8, 4) is 17.1 Å². The molecule has 0 radical (unpaired) electrons. The van der Waals surface area contributed by atoms with E-state index in [2.05, 4.69) is 36.3 Å². The Balaban J connectivity index is 1.23. The van der Waals surface area contributed by atoms with Crippen molar-refractivity contribution in [2.75, 3.05) is 43.9 Å². The lowest BCUT2D eigenvalue weighted by molar-refractivity contribution is -0.137. The van der Waals surface area contributed by atoms with Gasteiger partial charge in [-0.2, -0.15) is 22.7 Å². The molecule has 20 heteroatoms. The van der Waals surface area contributed by atoms with Gasteiger partial charge >= 0.3 is 12.2 Å². The van der Waals surface area contributed by atoms with Crippen LogP contribution in [0.2, 0.25) is 5.02 Å². The van der Waals surface area contributed by atoms with E-state index >= 15 is 0 Å². The number of alkyl halides is 3. The third kappa shape index (κ3) is 7.67. The largest absolute Gasteiger partial charge is 0.505 e. The Morgan fingerprint density at radius 1 is 1.07 bits per heavy atom. The maximum Gasteiger partial charge on any atom is 0.416 e. The molecular formula is C37H36ClF3N10O6. The molecule has 1 spiro atoms. The number of benzene rings is 2. The van der Waals surface area contributed by atoms with Crippen LogP contribution < -0.4 is 26.8 Å². The zero-order valence-electron chi connectivity index (χ0n) is 30.5. The summed E-state index contributed by atoms with van der Waals surface area (Å²) in [6.07, 6.45) is -3.61. The molecule has 2 aliphatic heterocycles. The molecule has 7 rings (SSSR count). The number of pyridine rings is 1. The fourth-order valence-electron chi connectivity index (χ4n) is 7.14. The van der Waals surface area contributed by atoms with Crippen molar-refractivity contribution in [2.45, 2.75) is 44.2 Å². The van der Waals surface area contributed by atoms with E-state index in [9.17, 15) is 37.5 Å². The van der Waals surface area contributed by atoms with Gasteiger partial charge in [-0.05, 0) is 74.4 Å². The number of nitrogens with zero attached hydrogens (tertiary/aromatic N) is 6. The SMILES string of the molecule is CNC(=O)NCCNc1ccc(-c2nc3n(CC(=O)Nc4ccc(C(F)(F)F)cc4Cl)c4c(c(=O)n3n2)C2(CCN(C(=O)c3ncccc3O)CC2)O[C@@H]4C)cc1. The number of nitrogens with one attached hydrogen (secondary N) is 4. The molecule has 0 bridgehead atoms. The summed E-state index contributed by atoms with van der Waals surface area (Å²) < 4.78 is 49.0. The van der Waals surface area contributed by atoms with E-state index in [1.807, 2.05) is 0 Å². The number of piperidine rings is 1. The fourth-order valence-corrected chi connectivity index (χ4v) is 7.37. The molecule has 1 fully saturated rings. The number of carbonyl (C=O) groups is 3. The van der Waals surface area contributed by atoms with Gasteiger partial charge in [-0.1, -0.05) is 11.6 Å². The van der Waals surface area contributed by atoms with Crippen LogP contribution in [0.15, 0.2) is 65.6 Å². The molecule has 2 aliphatic rings. The van der Waals surface area contributed by atoms with E-state index in [0.29, 0.717) is 30.4 Å². The van der Waals surface area contributed by atoms with Crippen LogP contribution >= 0.6 is 11.6 Å². The average Bonchev–Trinajstić information content (AvgIpc) is 3.76. The second-order valence-corrected chi connectivity index (χ2v) is 13.9. The van der Waals surface area contributed by atoms with Crippen molar-refractivity contribution in [2.24, 2.45) is 0 Å². The van der Waals surface area contributed by atoms with Gasteiger partial charge in [-0.25, -0.2) is 9.78 Å². The third-order valence-electron chi connectivity index (χ3n) is 9.86. The quantitative estimate of drug-likeness (QED) is 0.132. The number of ether oxygens (including phenoxy) is 1. The molecule has 4 amide bonds. The Hall–Kier alpha value is -6.21. The first-order chi connectivity index (χ1) is 27.2. The zero-order valence-corrected chi connectivity index (χ0v) is 31.2. The lowest BCUT2D eigenvalue weighted by Crippen LogP contribution is -2.47. The molecule has 0 aliphatic carbocycles. The van der Waals surface area contributed by atoms with E-state index < -0.39 is 47.4 Å². The number of amides is 4. The summed E-state index contributed by atoms with van der Waals surface area (Å²) in [4.78, 5) is 63.1. The minimum atomic E-state index is -4.64. The van der Waals surface area contributed by atoms with Crippen molar-refractivity contribution in [1.29, 1.82) is 0 Å². The first-order valence-corrected chi connectivity index (χ1v) is 18.2. The molecule has 1 saturated heterocycles. The molecule has 1 atom stereocenters. The van der Waals surface area contributed by atoms with Crippen molar-refractivity contribution >= 4 is 46.6 Å². The number of rotatable bonds is 9. The number of aromatic hydroxyl groups is 1. The highest BCUT2D eigenvalue weighted by Crippen LogP contribution is 2.48. The lowest BCUT2D eigenvalue weighted by Gasteiger charge is -2.39. The molecule has 5 aromatic rings. The van der Waals surface area contributed by atoms with E-state index in [0.717, 1.165) is 22.3 Å². The highest BCUT2D eigenvalue weighted by molar-refractivity contribution is 6.33. The van der Waals surface area contributed by atoms with Crippen molar-refractivity contribution in [3.63, 3.8) is 0 Å². The predicted molar refractivity (Wildman–Crippen MR) is 201 cm³/mol. The Labute approximate surface area is 327 Å². The van der Waals surface area contributed by atoms with Crippen LogP contribution in [0.5, 0.6) is 5.75 Å². The van der Waals surface area contributed by atoms with Gasteiger partial charge in [-0.3, -0.25) is 14.4 Å². The number of anilines is 2. The number of halogens is 4. The minimum absolute atomic E-state index is 0.00985.